The molecule has 1 atom stereocenters. The predicted octanol–water partition coefficient (Wildman–Crippen LogP) is 2.94. The molecule has 1 aliphatic rings. The van der Waals surface area contributed by atoms with Crippen LogP contribution in [-0.4, -0.2) is 30.2 Å². The lowest BCUT2D eigenvalue weighted by atomic mass is 10.1. The number of para-hydroxylation sites is 1. The molecule has 0 aliphatic carbocycles. The Morgan fingerprint density at radius 2 is 2.20 bits per heavy atom. The minimum atomic E-state index is -1.20. The molecule has 1 aromatic heterocycles. The fraction of sp³-hybridized carbons (Fsp3) is 0.333. The van der Waals surface area contributed by atoms with Crippen LogP contribution in [0.1, 0.15) is 51.6 Å². The zero-order chi connectivity index (χ0) is 18.0. The van der Waals surface area contributed by atoms with Gasteiger partial charge in [-0.2, -0.15) is 0 Å². The van der Waals surface area contributed by atoms with Crippen molar-refractivity contribution in [2.45, 2.75) is 26.3 Å². The molecule has 25 heavy (non-hydrogen) atoms. The maximum atomic E-state index is 12.4. The second kappa shape index (κ2) is 6.88. The van der Waals surface area contributed by atoms with Crippen LogP contribution >= 0.6 is 0 Å². The molecule has 7 nitrogen and oxygen atoms in total. The number of benzene rings is 1. The number of amides is 1. The minimum absolute atomic E-state index is 0.0401. The van der Waals surface area contributed by atoms with E-state index in [2.05, 4.69) is 5.32 Å². The quantitative estimate of drug-likeness (QED) is 0.835. The van der Waals surface area contributed by atoms with E-state index in [0.29, 0.717) is 23.7 Å². The van der Waals surface area contributed by atoms with Crippen molar-refractivity contribution in [2.75, 3.05) is 13.2 Å². The SMILES string of the molecule is CCCOc1cccc2c1OCC2NC(=O)c1cc(C)c(C(=O)O)o1. The molecule has 0 bridgehead atoms. The average Bonchev–Trinajstić information content (AvgIpc) is 3.17. The molecule has 3 rings (SSSR count). The molecular weight excluding hydrogens is 326 g/mol. The third-order valence-corrected chi connectivity index (χ3v) is 3.88. The van der Waals surface area contributed by atoms with Crippen LogP contribution in [0.2, 0.25) is 0 Å². The number of ether oxygens (including phenoxy) is 2. The Bertz CT molecular complexity index is 810. The summed E-state index contributed by atoms with van der Waals surface area (Å²) in [5, 5.41) is 11.8. The van der Waals surface area contributed by atoms with E-state index in [9.17, 15) is 9.59 Å². The highest BCUT2D eigenvalue weighted by molar-refractivity contribution is 5.94. The van der Waals surface area contributed by atoms with Gasteiger partial charge in [0.1, 0.15) is 6.61 Å². The molecular formula is C18H19NO6. The summed E-state index contributed by atoms with van der Waals surface area (Å²) in [7, 11) is 0. The van der Waals surface area contributed by atoms with Crippen LogP contribution < -0.4 is 14.8 Å². The van der Waals surface area contributed by atoms with Gasteiger partial charge in [0, 0.05) is 11.1 Å². The maximum absolute atomic E-state index is 12.4. The molecule has 0 spiro atoms. The highest BCUT2D eigenvalue weighted by Crippen LogP contribution is 2.40. The first-order valence-corrected chi connectivity index (χ1v) is 8.04. The molecule has 0 radical (unpaired) electrons. The second-order valence-corrected chi connectivity index (χ2v) is 5.79. The molecule has 1 amide bonds. The van der Waals surface area contributed by atoms with E-state index in [1.54, 1.807) is 6.92 Å². The van der Waals surface area contributed by atoms with E-state index < -0.39 is 11.9 Å². The molecule has 7 heteroatoms. The predicted molar refractivity (Wildman–Crippen MR) is 88.3 cm³/mol. The van der Waals surface area contributed by atoms with Crippen LogP contribution in [0.3, 0.4) is 0 Å². The monoisotopic (exact) mass is 345 g/mol. The van der Waals surface area contributed by atoms with Gasteiger partial charge in [0.15, 0.2) is 17.3 Å². The Morgan fingerprint density at radius 3 is 2.88 bits per heavy atom. The minimum Gasteiger partial charge on any atom is -0.490 e. The molecule has 1 aliphatic heterocycles. The molecule has 0 saturated carbocycles. The van der Waals surface area contributed by atoms with Gasteiger partial charge in [0.2, 0.25) is 5.76 Å². The maximum Gasteiger partial charge on any atom is 0.372 e. The van der Waals surface area contributed by atoms with Gasteiger partial charge in [-0.15, -0.1) is 0 Å². The second-order valence-electron chi connectivity index (χ2n) is 5.79. The van der Waals surface area contributed by atoms with Gasteiger partial charge in [-0.1, -0.05) is 19.1 Å². The molecule has 0 fully saturated rings. The number of rotatable bonds is 6. The Morgan fingerprint density at radius 1 is 1.40 bits per heavy atom. The van der Waals surface area contributed by atoms with Crippen LogP contribution in [0.5, 0.6) is 11.5 Å². The summed E-state index contributed by atoms with van der Waals surface area (Å²) >= 11 is 0. The summed E-state index contributed by atoms with van der Waals surface area (Å²) in [4.78, 5) is 23.4. The zero-order valence-corrected chi connectivity index (χ0v) is 14.0. The van der Waals surface area contributed by atoms with Crippen LogP contribution in [0.15, 0.2) is 28.7 Å². The topological polar surface area (TPSA) is 98.0 Å². The number of fused-ring (bicyclic) bond motifs is 1. The van der Waals surface area contributed by atoms with E-state index in [1.807, 2.05) is 25.1 Å². The highest BCUT2D eigenvalue weighted by Gasteiger charge is 2.30. The Labute approximate surface area is 144 Å². The van der Waals surface area contributed by atoms with Crippen LogP contribution in [0, 0.1) is 6.92 Å². The summed E-state index contributed by atoms with van der Waals surface area (Å²) in [6.45, 7) is 4.46. The summed E-state index contributed by atoms with van der Waals surface area (Å²) in [6, 6.07) is 6.59. The first kappa shape index (κ1) is 16.9. The summed E-state index contributed by atoms with van der Waals surface area (Å²) in [5.41, 5.74) is 1.22. The van der Waals surface area contributed by atoms with Gasteiger partial charge in [0.25, 0.3) is 5.91 Å². The third kappa shape index (κ3) is 3.31. The zero-order valence-electron chi connectivity index (χ0n) is 14.0. The van der Waals surface area contributed by atoms with Gasteiger partial charge in [0.05, 0.1) is 12.6 Å². The number of carbonyl (C=O) groups excluding carboxylic acids is 1. The normalized spacial score (nSPS) is 15.4. The van der Waals surface area contributed by atoms with Gasteiger partial charge < -0.3 is 24.3 Å². The Balaban J connectivity index is 1.77. The molecule has 1 aromatic carbocycles. The number of furan rings is 1. The standard InChI is InChI=1S/C18H19NO6/c1-3-7-23-13-6-4-5-11-12(9-24-16(11)13)19-17(20)14-8-10(2)15(25-14)18(21)22/h4-6,8,12H,3,7,9H2,1-2H3,(H,19,20)(H,21,22). The molecule has 2 heterocycles. The van der Waals surface area contributed by atoms with Crippen molar-refractivity contribution in [3.05, 3.63) is 46.9 Å². The lowest BCUT2D eigenvalue weighted by Crippen LogP contribution is -2.29. The van der Waals surface area contributed by atoms with Crippen molar-refractivity contribution in [3.8, 4) is 11.5 Å². The summed E-state index contributed by atoms with van der Waals surface area (Å²) in [5.74, 6) is -0.688. The van der Waals surface area contributed by atoms with Crippen molar-refractivity contribution in [1.82, 2.24) is 5.32 Å². The number of hydrogen-bond donors (Lipinski definition) is 2. The number of nitrogens with one attached hydrogen (secondary N) is 1. The average molecular weight is 345 g/mol. The summed E-state index contributed by atoms with van der Waals surface area (Å²) < 4.78 is 16.5. The first-order valence-electron chi connectivity index (χ1n) is 8.04. The van der Waals surface area contributed by atoms with E-state index in [4.69, 9.17) is 19.0 Å². The third-order valence-electron chi connectivity index (χ3n) is 3.88. The van der Waals surface area contributed by atoms with E-state index >= 15 is 0 Å². The largest absolute Gasteiger partial charge is 0.490 e. The number of carboxylic acid groups (broad SMARTS) is 1. The Kier molecular flexibility index (Phi) is 4.65. The van der Waals surface area contributed by atoms with Crippen molar-refractivity contribution >= 4 is 11.9 Å². The van der Waals surface area contributed by atoms with Crippen molar-refractivity contribution in [3.63, 3.8) is 0 Å². The van der Waals surface area contributed by atoms with Gasteiger partial charge in [-0.25, -0.2) is 4.79 Å². The molecule has 132 valence electrons. The molecule has 1 unspecified atom stereocenters. The van der Waals surface area contributed by atoms with Crippen LogP contribution in [0.25, 0.3) is 0 Å². The fourth-order valence-corrected chi connectivity index (χ4v) is 2.70. The van der Waals surface area contributed by atoms with E-state index in [0.717, 1.165) is 12.0 Å². The van der Waals surface area contributed by atoms with Gasteiger partial charge in [-0.3, -0.25) is 4.79 Å². The molecule has 0 saturated heterocycles. The first-order chi connectivity index (χ1) is 12.0. The molecule has 2 aromatic rings. The smallest absolute Gasteiger partial charge is 0.372 e. The van der Waals surface area contributed by atoms with Crippen molar-refractivity contribution < 1.29 is 28.6 Å². The number of carbonyl (C=O) groups is 2. The number of hydrogen-bond acceptors (Lipinski definition) is 5. The van der Waals surface area contributed by atoms with Gasteiger partial charge in [-0.05, 0) is 25.5 Å². The number of carboxylic acids is 1. The lowest BCUT2D eigenvalue weighted by Gasteiger charge is -2.11. The summed E-state index contributed by atoms with van der Waals surface area (Å²) in [6.07, 6.45) is 0.883. The van der Waals surface area contributed by atoms with E-state index in [1.165, 1.54) is 6.07 Å². The highest BCUT2D eigenvalue weighted by atomic mass is 16.5. The number of aryl methyl sites for hydroxylation is 1. The van der Waals surface area contributed by atoms with Crippen molar-refractivity contribution in [1.29, 1.82) is 0 Å². The number of aromatic carboxylic acids is 1. The van der Waals surface area contributed by atoms with Crippen LogP contribution in [0.4, 0.5) is 0 Å². The van der Waals surface area contributed by atoms with Crippen LogP contribution in [-0.2, 0) is 0 Å². The van der Waals surface area contributed by atoms with E-state index in [-0.39, 0.29) is 24.2 Å². The van der Waals surface area contributed by atoms with Gasteiger partial charge >= 0.3 is 5.97 Å². The van der Waals surface area contributed by atoms with Crippen molar-refractivity contribution in [2.24, 2.45) is 0 Å². The lowest BCUT2D eigenvalue weighted by molar-refractivity contribution is 0.0658. The molecule has 2 N–H and O–H groups in total. The fourth-order valence-electron chi connectivity index (χ4n) is 2.70. The Hall–Kier alpha value is -2.96.